The zero-order chi connectivity index (χ0) is 18.1. The third kappa shape index (κ3) is 3.52. The highest BCUT2D eigenvalue weighted by Gasteiger charge is 2.40. The summed E-state index contributed by atoms with van der Waals surface area (Å²) in [4.78, 5) is 28.2. The molecule has 2 bridgehead atoms. The van der Waals surface area contributed by atoms with Crippen molar-refractivity contribution in [1.82, 2.24) is 10.3 Å². The minimum atomic E-state index is -0.0589. The van der Waals surface area contributed by atoms with Crippen LogP contribution < -0.4 is 11.1 Å². The van der Waals surface area contributed by atoms with E-state index in [2.05, 4.69) is 17.2 Å². The molecule has 2 saturated carbocycles. The molecule has 1 aromatic heterocycles. The summed E-state index contributed by atoms with van der Waals surface area (Å²) in [7, 11) is 0. The molecule has 5 heteroatoms. The van der Waals surface area contributed by atoms with Crippen molar-refractivity contribution >= 4 is 11.7 Å². The molecule has 2 aliphatic carbocycles. The molecular formula is C20H31N3O2. The number of carbonyl (C=O) groups is 2. The van der Waals surface area contributed by atoms with E-state index in [0.29, 0.717) is 23.1 Å². The van der Waals surface area contributed by atoms with Gasteiger partial charge in [0, 0.05) is 23.3 Å². The SMILES string of the molecule is CCCc1c(C(=O)NC2C3CCCC2CC(N)C3)[nH]c(C)c1C(C)=O. The maximum Gasteiger partial charge on any atom is 0.268 e. The maximum absolute atomic E-state index is 13.0. The van der Waals surface area contributed by atoms with Gasteiger partial charge in [-0.05, 0) is 63.4 Å². The van der Waals surface area contributed by atoms with E-state index in [4.69, 9.17) is 5.73 Å². The maximum atomic E-state index is 13.0. The standard InChI is InChI=1S/C20H31N3O2/c1-4-6-16-17(12(3)24)11(2)22-19(16)20(25)23-18-13-7-5-8-14(18)10-15(21)9-13/h13-15,18,22H,4-10,21H2,1-3H3,(H,23,25). The molecule has 1 aromatic rings. The number of ketones is 1. The van der Waals surface area contributed by atoms with Gasteiger partial charge in [-0.2, -0.15) is 0 Å². The normalized spacial score (nSPS) is 28.6. The Kier molecular flexibility index (Phi) is 5.32. The predicted octanol–water partition coefficient (Wildman–Crippen LogP) is 3.11. The lowest BCUT2D eigenvalue weighted by Gasteiger charge is -2.45. The Morgan fingerprint density at radius 2 is 1.88 bits per heavy atom. The molecule has 0 spiro atoms. The molecule has 3 rings (SSSR count). The molecule has 5 nitrogen and oxygen atoms in total. The Labute approximate surface area is 150 Å². The summed E-state index contributed by atoms with van der Waals surface area (Å²) >= 11 is 0. The van der Waals surface area contributed by atoms with E-state index in [1.54, 1.807) is 6.92 Å². The number of rotatable bonds is 5. The molecule has 4 N–H and O–H groups in total. The number of hydrogen-bond acceptors (Lipinski definition) is 3. The Bertz CT molecular complexity index is 650. The molecule has 2 aliphatic rings. The monoisotopic (exact) mass is 345 g/mol. The summed E-state index contributed by atoms with van der Waals surface area (Å²) in [6.07, 6.45) is 7.20. The number of aromatic nitrogens is 1. The number of H-pyrrole nitrogens is 1. The number of aryl methyl sites for hydroxylation is 1. The van der Waals surface area contributed by atoms with Gasteiger partial charge in [0.1, 0.15) is 5.69 Å². The summed E-state index contributed by atoms with van der Waals surface area (Å²) in [5.41, 5.74) is 9.14. The lowest BCUT2D eigenvalue weighted by Crippen LogP contribution is -2.53. The van der Waals surface area contributed by atoms with Crippen molar-refractivity contribution in [3.63, 3.8) is 0 Å². The highest BCUT2D eigenvalue weighted by molar-refractivity contribution is 6.02. The van der Waals surface area contributed by atoms with Crippen molar-refractivity contribution in [3.8, 4) is 0 Å². The number of nitrogens with two attached hydrogens (primary N) is 1. The predicted molar refractivity (Wildman–Crippen MR) is 98.8 cm³/mol. The summed E-state index contributed by atoms with van der Waals surface area (Å²) in [6, 6.07) is 0.496. The molecule has 0 radical (unpaired) electrons. The molecule has 1 heterocycles. The number of fused-ring (bicyclic) bond motifs is 2. The van der Waals surface area contributed by atoms with Crippen LogP contribution in [0.5, 0.6) is 0 Å². The lowest BCUT2D eigenvalue weighted by atomic mass is 9.67. The lowest BCUT2D eigenvalue weighted by molar-refractivity contribution is 0.0751. The first-order valence-corrected chi connectivity index (χ1v) is 9.71. The largest absolute Gasteiger partial charge is 0.354 e. The molecule has 0 aromatic carbocycles. The number of nitrogens with one attached hydrogen (secondary N) is 2. The fourth-order valence-corrected chi connectivity index (χ4v) is 5.10. The van der Waals surface area contributed by atoms with Crippen molar-refractivity contribution < 1.29 is 9.59 Å². The minimum absolute atomic E-state index is 0.0248. The second-order valence-electron chi connectivity index (χ2n) is 7.97. The van der Waals surface area contributed by atoms with Gasteiger partial charge in [0.2, 0.25) is 0 Å². The molecule has 2 atom stereocenters. The third-order valence-corrected chi connectivity index (χ3v) is 6.04. The van der Waals surface area contributed by atoms with Crippen molar-refractivity contribution in [1.29, 1.82) is 0 Å². The number of Topliss-reactive ketones (excluding diaryl/α,β-unsaturated/α-hetero) is 1. The Balaban J connectivity index is 1.84. The van der Waals surface area contributed by atoms with E-state index in [-0.39, 0.29) is 23.8 Å². The first kappa shape index (κ1) is 18.2. The fourth-order valence-electron chi connectivity index (χ4n) is 5.10. The highest BCUT2D eigenvalue weighted by Crippen LogP contribution is 2.39. The second kappa shape index (κ2) is 7.32. The number of aromatic amines is 1. The van der Waals surface area contributed by atoms with E-state index in [0.717, 1.165) is 49.8 Å². The van der Waals surface area contributed by atoms with Crippen molar-refractivity contribution in [2.45, 2.75) is 77.8 Å². The van der Waals surface area contributed by atoms with Crippen LogP contribution in [0.25, 0.3) is 0 Å². The number of hydrogen-bond donors (Lipinski definition) is 3. The number of amides is 1. The molecular weight excluding hydrogens is 314 g/mol. The van der Waals surface area contributed by atoms with Crippen LogP contribution in [-0.4, -0.2) is 28.8 Å². The van der Waals surface area contributed by atoms with E-state index >= 15 is 0 Å². The van der Waals surface area contributed by atoms with Crippen LogP contribution in [0.4, 0.5) is 0 Å². The smallest absolute Gasteiger partial charge is 0.268 e. The Morgan fingerprint density at radius 1 is 1.24 bits per heavy atom. The molecule has 0 aliphatic heterocycles. The highest BCUT2D eigenvalue weighted by atomic mass is 16.2. The van der Waals surface area contributed by atoms with Gasteiger partial charge in [-0.15, -0.1) is 0 Å². The summed E-state index contributed by atoms with van der Waals surface area (Å²) in [6.45, 7) is 5.52. The van der Waals surface area contributed by atoms with Crippen molar-refractivity contribution in [3.05, 3.63) is 22.5 Å². The van der Waals surface area contributed by atoms with Crippen molar-refractivity contribution in [2.75, 3.05) is 0 Å². The van der Waals surface area contributed by atoms with Gasteiger partial charge in [-0.25, -0.2) is 0 Å². The molecule has 2 unspecified atom stereocenters. The van der Waals surface area contributed by atoms with Gasteiger partial charge in [0.25, 0.3) is 5.91 Å². The quantitative estimate of drug-likeness (QED) is 0.717. The summed E-state index contributed by atoms with van der Waals surface area (Å²) < 4.78 is 0. The first-order chi connectivity index (χ1) is 11.9. The van der Waals surface area contributed by atoms with Crippen LogP contribution >= 0.6 is 0 Å². The van der Waals surface area contributed by atoms with Crippen LogP contribution in [0, 0.1) is 18.8 Å². The fraction of sp³-hybridized carbons (Fsp3) is 0.700. The number of carbonyl (C=O) groups excluding carboxylic acids is 2. The second-order valence-corrected chi connectivity index (χ2v) is 7.97. The zero-order valence-electron chi connectivity index (χ0n) is 15.7. The molecule has 0 saturated heterocycles. The van der Waals surface area contributed by atoms with Gasteiger partial charge in [0.05, 0.1) is 0 Å². The minimum Gasteiger partial charge on any atom is -0.354 e. The topological polar surface area (TPSA) is 88.0 Å². The third-order valence-electron chi connectivity index (χ3n) is 6.04. The van der Waals surface area contributed by atoms with Gasteiger partial charge >= 0.3 is 0 Å². The van der Waals surface area contributed by atoms with Crippen molar-refractivity contribution in [2.24, 2.45) is 17.6 Å². The average Bonchev–Trinajstić information content (AvgIpc) is 2.85. The van der Waals surface area contributed by atoms with Gasteiger partial charge in [-0.3, -0.25) is 9.59 Å². The molecule has 138 valence electrons. The zero-order valence-corrected chi connectivity index (χ0v) is 15.7. The first-order valence-electron chi connectivity index (χ1n) is 9.71. The van der Waals surface area contributed by atoms with Crippen LogP contribution in [0.1, 0.15) is 84.5 Å². The van der Waals surface area contributed by atoms with Crippen LogP contribution in [0.3, 0.4) is 0 Å². The Hall–Kier alpha value is -1.62. The summed E-state index contributed by atoms with van der Waals surface area (Å²) in [5, 5.41) is 3.30. The molecule has 25 heavy (non-hydrogen) atoms. The van der Waals surface area contributed by atoms with Gasteiger partial charge in [0.15, 0.2) is 5.78 Å². The van der Waals surface area contributed by atoms with Crippen LogP contribution in [0.2, 0.25) is 0 Å². The summed E-state index contributed by atoms with van der Waals surface area (Å²) in [5.74, 6) is 0.946. The average molecular weight is 345 g/mol. The van der Waals surface area contributed by atoms with E-state index in [9.17, 15) is 9.59 Å². The van der Waals surface area contributed by atoms with E-state index in [1.807, 2.05) is 6.92 Å². The van der Waals surface area contributed by atoms with E-state index in [1.165, 1.54) is 6.42 Å². The molecule has 2 fully saturated rings. The molecule has 1 amide bonds. The van der Waals surface area contributed by atoms with Gasteiger partial charge in [-0.1, -0.05) is 19.8 Å². The Morgan fingerprint density at radius 3 is 2.44 bits per heavy atom. The van der Waals surface area contributed by atoms with Crippen LogP contribution in [0.15, 0.2) is 0 Å². The van der Waals surface area contributed by atoms with Crippen LogP contribution in [-0.2, 0) is 6.42 Å². The van der Waals surface area contributed by atoms with E-state index < -0.39 is 0 Å². The van der Waals surface area contributed by atoms with Gasteiger partial charge < -0.3 is 16.0 Å².